The largest absolute Gasteiger partial charge is 0.342 e. The number of benzene rings is 1. The van der Waals surface area contributed by atoms with Crippen molar-refractivity contribution in [2.24, 2.45) is 5.92 Å². The lowest BCUT2D eigenvalue weighted by molar-refractivity contribution is 0.492. The number of hydrogen-bond acceptors (Lipinski definition) is 1. The molecule has 88 valence electrons. The summed E-state index contributed by atoms with van der Waals surface area (Å²) in [6, 6.07) is 7.85. The normalized spacial score (nSPS) is 19.1. The Kier molecular flexibility index (Phi) is 2.67. The van der Waals surface area contributed by atoms with E-state index in [-0.39, 0.29) is 0 Å². The van der Waals surface area contributed by atoms with Crippen molar-refractivity contribution >= 4 is 11.6 Å². The average Bonchev–Trinajstić information content (AvgIpc) is 2.72. The Balaban J connectivity index is 2.03. The Bertz CT molecular complexity index is 545. The lowest BCUT2D eigenvalue weighted by Gasteiger charge is -2.15. The topological polar surface area (TPSA) is 28.7 Å². The van der Waals surface area contributed by atoms with Crippen molar-refractivity contribution in [3.8, 4) is 11.4 Å². The highest BCUT2D eigenvalue weighted by molar-refractivity contribution is 6.33. The summed E-state index contributed by atoms with van der Waals surface area (Å²) in [4.78, 5) is 8.10. The summed E-state index contributed by atoms with van der Waals surface area (Å²) >= 11 is 6.19. The second-order valence-electron chi connectivity index (χ2n) is 4.84. The number of fused-ring (bicyclic) bond motifs is 1. The number of aromatic amines is 1. The van der Waals surface area contributed by atoms with Gasteiger partial charge in [-0.05, 0) is 37.3 Å². The van der Waals surface area contributed by atoms with E-state index >= 15 is 0 Å². The van der Waals surface area contributed by atoms with Crippen LogP contribution < -0.4 is 0 Å². The van der Waals surface area contributed by atoms with Gasteiger partial charge in [0.2, 0.25) is 0 Å². The molecule has 3 rings (SSSR count). The maximum Gasteiger partial charge on any atom is 0.139 e. The van der Waals surface area contributed by atoms with E-state index in [4.69, 9.17) is 11.6 Å². The minimum atomic E-state index is 0.752. The minimum absolute atomic E-state index is 0.752. The minimum Gasteiger partial charge on any atom is -0.342 e. The zero-order chi connectivity index (χ0) is 11.8. The van der Waals surface area contributed by atoms with Gasteiger partial charge in [0, 0.05) is 11.3 Å². The number of hydrogen-bond donors (Lipinski definition) is 1. The molecule has 1 aliphatic rings. The maximum atomic E-state index is 6.19. The molecule has 2 aromatic rings. The van der Waals surface area contributed by atoms with Crippen molar-refractivity contribution in [3.05, 3.63) is 40.7 Å². The van der Waals surface area contributed by atoms with Crippen molar-refractivity contribution in [3.63, 3.8) is 0 Å². The fourth-order valence-corrected chi connectivity index (χ4v) is 2.66. The Morgan fingerprint density at radius 1 is 1.35 bits per heavy atom. The van der Waals surface area contributed by atoms with E-state index in [0.717, 1.165) is 35.2 Å². The molecule has 1 aromatic carbocycles. The number of nitrogens with zero attached hydrogens (tertiary/aromatic N) is 1. The quantitative estimate of drug-likeness (QED) is 0.813. The van der Waals surface area contributed by atoms with Crippen LogP contribution in [-0.4, -0.2) is 9.97 Å². The first-order chi connectivity index (χ1) is 8.24. The van der Waals surface area contributed by atoms with E-state index in [0.29, 0.717) is 0 Å². The number of H-pyrrole nitrogens is 1. The molecule has 0 bridgehead atoms. The van der Waals surface area contributed by atoms with Gasteiger partial charge in [-0.2, -0.15) is 0 Å². The van der Waals surface area contributed by atoms with Crippen LogP contribution in [0.3, 0.4) is 0 Å². The lowest BCUT2D eigenvalue weighted by atomic mass is 9.92. The van der Waals surface area contributed by atoms with Crippen molar-refractivity contribution < 1.29 is 0 Å². The van der Waals surface area contributed by atoms with E-state index in [1.165, 1.54) is 17.8 Å². The third kappa shape index (κ3) is 1.98. The first kappa shape index (κ1) is 10.8. The zero-order valence-corrected chi connectivity index (χ0v) is 10.6. The number of rotatable bonds is 1. The molecule has 0 radical (unpaired) electrons. The number of aromatic nitrogens is 2. The van der Waals surface area contributed by atoms with Gasteiger partial charge in [0.25, 0.3) is 0 Å². The van der Waals surface area contributed by atoms with Gasteiger partial charge in [-0.15, -0.1) is 0 Å². The zero-order valence-electron chi connectivity index (χ0n) is 9.83. The van der Waals surface area contributed by atoms with Crippen LogP contribution in [0.25, 0.3) is 11.4 Å². The highest BCUT2D eigenvalue weighted by Gasteiger charge is 2.20. The first-order valence-corrected chi connectivity index (χ1v) is 6.44. The van der Waals surface area contributed by atoms with E-state index in [2.05, 4.69) is 16.9 Å². The van der Waals surface area contributed by atoms with Crippen LogP contribution in [0.2, 0.25) is 5.02 Å². The van der Waals surface area contributed by atoms with Crippen LogP contribution in [0.15, 0.2) is 24.3 Å². The summed E-state index contributed by atoms with van der Waals surface area (Å²) in [6.45, 7) is 2.29. The molecule has 0 aliphatic heterocycles. The fourth-order valence-electron chi connectivity index (χ4n) is 2.44. The molecule has 1 heterocycles. The molecule has 0 amide bonds. The van der Waals surface area contributed by atoms with Gasteiger partial charge in [-0.3, -0.25) is 0 Å². The number of imidazole rings is 1. The van der Waals surface area contributed by atoms with E-state index in [9.17, 15) is 0 Å². The van der Waals surface area contributed by atoms with Crippen LogP contribution in [0.1, 0.15) is 24.7 Å². The Labute approximate surface area is 106 Å². The average molecular weight is 247 g/mol. The molecular formula is C14H15ClN2. The molecule has 17 heavy (non-hydrogen) atoms. The monoisotopic (exact) mass is 246 g/mol. The summed E-state index contributed by atoms with van der Waals surface area (Å²) in [5.74, 6) is 1.66. The molecule has 0 saturated heterocycles. The summed E-state index contributed by atoms with van der Waals surface area (Å²) in [5.41, 5.74) is 3.51. The Morgan fingerprint density at radius 2 is 2.18 bits per heavy atom. The summed E-state index contributed by atoms with van der Waals surface area (Å²) in [7, 11) is 0. The van der Waals surface area contributed by atoms with Gasteiger partial charge in [0.15, 0.2) is 0 Å². The first-order valence-electron chi connectivity index (χ1n) is 6.06. The molecule has 0 spiro atoms. The van der Waals surface area contributed by atoms with Gasteiger partial charge in [-0.1, -0.05) is 30.7 Å². The lowest BCUT2D eigenvalue weighted by Crippen LogP contribution is -2.10. The number of aryl methyl sites for hydroxylation is 1. The van der Waals surface area contributed by atoms with E-state index in [1.807, 2.05) is 24.3 Å². The smallest absolute Gasteiger partial charge is 0.139 e. The standard InChI is InChI=1S/C14H15ClN2/c1-9-6-7-12-13(8-9)17-14(16-12)10-4-2-3-5-11(10)15/h2-5,9H,6-8H2,1H3,(H,16,17). The van der Waals surface area contributed by atoms with Gasteiger partial charge >= 0.3 is 0 Å². The number of nitrogens with one attached hydrogen (secondary N) is 1. The molecule has 0 fully saturated rings. The van der Waals surface area contributed by atoms with Crippen LogP contribution in [0.5, 0.6) is 0 Å². The second-order valence-corrected chi connectivity index (χ2v) is 5.25. The third-order valence-electron chi connectivity index (χ3n) is 3.42. The predicted molar refractivity (Wildman–Crippen MR) is 70.2 cm³/mol. The van der Waals surface area contributed by atoms with Gasteiger partial charge < -0.3 is 4.98 Å². The fraction of sp³-hybridized carbons (Fsp3) is 0.357. The molecule has 1 atom stereocenters. The SMILES string of the molecule is CC1CCc2nc(-c3ccccc3Cl)[nH]c2C1. The highest BCUT2D eigenvalue weighted by Crippen LogP contribution is 2.29. The highest BCUT2D eigenvalue weighted by atomic mass is 35.5. The molecule has 0 saturated carbocycles. The molecular weight excluding hydrogens is 232 g/mol. The second kappa shape index (κ2) is 4.19. The predicted octanol–water partition coefficient (Wildman–Crippen LogP) is 3.85. The molecule has 3 heteroatoms. The third-order valence-corrected chi connectivity index (χ3v) is 3.75. The Hall–Kier alpha value is -1.28. The molecule has 1 unspecified atom stereocenters. The summed E-state index contributed by atoms with van der Waals surface area (Å²) < 4.78 is 0. The molecule has 2 nitrogen and oxygen atoms in total. The van der Waals surface area contributed by atoms with Crippen LogP contribution in [-0.2, 0) is 12.8 Å². The Morgan fingerprint density at radius 3 is 3.00 bits per heavy atom. The van der Waals surface area contributed by atoms with Crippen molar-refractivity contribution in [2.75, 3.05) is 0 Å². The molecule has 1 aliphatic carbocycles. The van der Waals surface area contributed by atoms with Crippen LogP contribution in [0, 0.1) is 5.92 Å². The van der Waals surface area contributed by atoms with Crippen molar-refractivity contribution in [1.29, 1.82) is 0 Å². The summed E-state index contributed by atoms with van der Waals surface area (Å²) in [5, 5.41) is 0.756. The molecule has 1 N–H and O–H groups in total. The van der Waals surface area contributed by atoms with Crippen LogP contribution in [0.4, 0.5) is 0 Å². The van der Waals surface area contributed by atoms with E-state index < -0.39 is 0 Å². The van der Waals surface area contributed by atoms with Crippen molar-refractivity contribution in [2.45, 2.75) is 26.2 Å². The van der Waals surface area contributed by atoms with E-state index in [1.54, 1.807) is 0 Å². The summed E-state index contributed by atoms with van der Waals surface area (Å²) in [6.07, 6.45) is 3.42. The van der Waals surface area contributed by atoms with Gasteiger partial charge in [-0.25, -0.2) is 4.98 Å². The van der Waals surface area contributed by atoms with Gasteiger partial charge in [0.1, 0.15) is 5.82 Å². The maximum absolute atomic E-state index is 6.19. The van der Waals surface area contributed by atoms with Crippen molar-refractivity contribution in [1.82, 2.24) is 9.97 Å². The number of halogens is 1. The van der Waals surface area contributed by atoms with Gasteiger partial charge in [0.05, 0.1) is 10.7 Å². The van der Waals surface area contributed by atoms with Crippen LogP contribution >= 0.6 is 11.6 Å². The molecule has 1 aromatic heterocycles.